The van der Waals surface area contributed by atoms with Crippen molar-refractivity contribution in [3.8, 4) is 0 Å². The molecule has 2 heterocycles. The quantitative estimate of drug-likeness (QED) is 0.785. The van der Waals surface area contributed by atoms with Crippen molar-refractivity contribution in [3.63, 3.8) is 0 Å². The van der Waals surface area contributed by atoms with Gasteiger partial charge >= 0.3 is 6.18 Å². The summed E-state index contributed by atoms with van der Waals surface area (Å²) in [4.78, 5) is 11.5. The molecule has 0 saturated carbocycles. The number of pyridine rings is 1. The van der Waals surface area contributed by atoms with Crippen molar-refractivity contribution in [1.29, 1.82) is 0 Å². The average molecular weight is 259 g/mol. The second-order valence-corrected chi connectivity index (χ2v) is 3.60. The molecule has 9 heteroatoms. The van der Waals surface area contributed by atoms with E-state index in [1.807, 2.05) is 0 Å². The minimum Gasteiger partial charge on any atom is -0.308 e. The number of alkyl halides is 3. The highest BCUT2D eigenvalue weighted by Gasteiger charge is 2.30. The molecule has 6 nitrogen and oxygen atoms in total. The van der Waals surface area contributed by atoms with Gasteiger partial charge in [0, 0.05) is 19.3 Å². The smallest absolute Gasteiger partial charge is 0.308 e. The van der Waals surface area contributed by atoms with E-state index in [0.29, 0.717) is 11.9 Å². The van der Waals surface area contributed by atoms with Gasteiger partial charge in [-0.15, -0.1) is 5.10 Å². The predicted octanol–water partition coefficient (Wildman–Crippen LogP) is 0.439. The number of aryl methyl sites for hydroxylation is 1. The van der Waals surface area contributed by atoms with Crippen LogP contribution in [0.3, 0.4) is 0 Å². The standard InChI is InChI=1S/C9H8F3N5O/c1-16-7(13-14-15-16)5-17-3-2-6(4-8(17)18)9(10,11)12/h2-4H,5H2,1H3. The minimum atomic E-state index is -4.52. The van der Waals surface area contributed by atoms with Crippen LogP contribution < -0.4 is 5.56 Å². The maximum atomic E-state index is 12.4. The largest absolute Gasteiger partial charge is 0.416 e. The van der Waals surface area contributed by atoms with Crippen LogP contribution in [-0.4, -0.2) is 24.8 Å². The van der Waals surface area contributed by atoms with Gasteiger partial charge in [-0.25, -0.2) is 4.68 Å². The zero-order valence-corrected chi connectivity index (χ0v) is 9.22. The second-order valence-electron chi connectivity index (χ2n) is 3.60. The maximum absolute atomic E-state index is 12.4. The average Bonchev–Trinajstić information content (AvgIpc) is 2.66. The summed E-state index contributed by atoms with van der Waals surface area (Å²) in [6, 6.07) is 1.38. The van der Waals surface area contributed by atoms with E-state index >= 15 is 0 Å². The van der Waals surface area contributed by atoms with Gasteiger partial charge in [0.1, 0.15) is 0 Å². The van der Waals surface area contributed by atoms with Crippen molar-refractivity contribution in [2.24, 2.45) is 7.05 Å². The summed E-state index contributed by atoms with van der Waals surface area (Å²) in [6.45, 7) is 0.0144. The van der Waals surface area contributed by atoms with Crippen LogP contribution in [-0.2, 0) is 19.8 Å². The molecule has 18 heavy (non-hydrogen) atoms. The molecule has 0 aliphatic carbocycles. The molecule has 2 aromatic heterocycles. The Bertz CT molecular complexity index is 615. The third-order valence-corrected chi connectivity index (χ3v) is 2.34. The van der Waals surface area contributed by atoms with E-state index in [-0.39, 0.29) is 6.54 Å². The zero-order valence-electron chi connectivity index (χ0n) is 9.22. The van der Waals surface area contributed by atoms with Gasteiger partial charge in [-0.05, 0) is 16.5 Å². The number of tetrazole rings is 1. The molecule has 2 rings (SSSR count). The normalized spacial score (nSPS) is 11.8. The van der Waals surface area contributed by atoms with E-state index in [9.17, 15) is 18.0 Å². The van der Waals surface area contributed by atoms with Crippen molar-refractivity contribution < 1.29 is 13.2 Å². The highest BCUT2D eigenvalue weighted by Crippen LogP contribution is 2.27. The molecule has 0 spiro atoms. The van der Waals surface area contributed by atoms with Gasteiger partial charge < -0.3 is 4.57 Å². The second kappa shape index (κ2) is 4.24. The van der Waals surface area contributed by atoms with Crippen molar-refractivity contribution in [2.75, 3.05) is 0 Å². The molecular weight excluding hydrogens is 251 g/mol. The third kappa shape index (κ3) is 2.39. The Morgan fingerprint density at radius 3 is 2.61 bits per heavy atom. The SMILES string of the molecule is Cn1nnnc1Cn1ccc(C(F)(F)F)cc1=O. The van der Waals surface area contributed by atoms with Crippen LogP contribution in [0.4, 0.5) is 13.2 Å². The van der Waals surface area contributed by atoms with Gasteiger partial charge in [-0.2, -0.15) is 13.2 Å². The van der Waals surface area contributed by atoms with Gasteiger partial charge in [0.15, 0.2) is 5.82 Å². The molecule has 0 fully saturated rings. The first-order valence-corrected chi connectivity index (χ1v) is 4.87. The zero-order chi connectivity index (χ0) is 13.3. The summed E-state index contributed by atoms with van der Waals surface area (Å²) in [5.41, 5.74) is -1.73. The maximum Gasteiger partial charge on any atom is 0.416 e. The predicted molar refractivity (Wildman–Crippen MR) is 53.6 cm³/mol. The summed E-state index contributed by atoms with van der Waals surface area (Å²) in [6.07, 6.45) is -3.45. The summed E-state index contributed by atoms with van der Waals surface area (Å²) in [5, 5.41) is 10.6. The van der Waals surface area contributed by atoms with Crippen molar-refractivity contribution >= 4 is 0 Å². The third-order valence-electron chi connectivity index (χ3n) is 2.34. The Kier molecular flexibility index (Phi) is 2.89. The Morgan fingerprint density at radius 2 is 2.11 bits per heavy atom. The lowest BCUT2D eigenvalue weighted by Crippen LogP contribution is -2.23. The van der Waals surface area contributed by atoms with Crippen LogP contribution in [0.1, 0.15) is 11.4 Å². The lowest BCUT2D eigenvalue weighted by molar-refractivity contribution is -0.137. The van der Waals surface area contributed by atoms with Crippen LogP contribution >= 0.6 is 0 Å². The number of halogens is 3. The summed E-state index contributed by atoms with van der Waals surface area (Å²) >= 11 is 0. The van der Waals surface area contributed by atoms with E-state index in [1.54, 1.807) is 7.05 Å². The Morgan fingerprint density at radius 1 is 1.39 bits per heavy atom. The highest BCUT2D eigenvalue weighted by atomic mass is 19.4. The molecular formula is C9H8F3N5O. The van der Waals surface area contributed by atoms with Crippen LogP contribution in [0.25, 0.3) is 0 Å². The topological polar surface area (TPSA) is 65.6 Å². The van der Waals surface area contributed by atoms with E-state index in [4.69, 9.17) is 0 Å². The Balaban J connectivity index is 2.32. The molecule has 0 amide bonds. The molecule has 96 valence electrons. The molecule has 0 N–H and O–H groups in total. The van der Waals surface area contributed by atoms with E-state index < -0.39 is 17.3 Å². The fourth-order valence-corrected chi connectivity index (χ4v) is 1.35. The van der Waals surface area contributed by atoms with E-state index in [0.717, 1.165) is 16.8 Å². The number of rotatable bonds is 2. The van der Waals surface area contributed by atoms with Crippen molar-refractivity contribution in [1.82, 2.24) is 24.8 Å². The first-order valence-electron chi connectivity index (χ1n) is 4.87. The van der Waals surface area contributed by atoms with Gasteiger partial charge in [0.05, 0.1) is 12.1 Å². The fraction of sp³-hybridized carbons (Fsp3) is 0.333. The number of aromatic nitrogens is 5. The highest BCUT2D eigenvalue weighted by molar-refractivity contribution is 5.14. The lowest BCUT2D eigenvalue weighted by atomic mass is 10.2. The molecule has 0 bridgehead atoms. The van der Waals surface area contributed by atoms with Crippen LogP contribution in [0.15, 0.2) is 23.1 Å². The number of nitrogens with zero attached hydrogens (tertiary/aromatic N) is 5. The molecule has 0 radical (unpaired) electrons. The molecule has 0 aromatic carbocycles. The number of hydrogen-bond donors (Lipinski definition) is 0. The molecule has 0 unspecified atom stereocenters. The van der Waals surface area contributed by atoms with Crippen molar-refractivity contribution in [3.05, 3.63) is 40.1 Å². The van der Waals surface area contributed by atoms with Gasteiger partial charge in [-0.3, -0.25) is 4.79 Å². The Hall–Kier alpha value is -2.19. The van der Waals surface area contributed by atoms with E-state index in [1.165, 1.54) is 4.68 Å². The van der Waals surface area contributed by atoms with Crippen LogP contribution in [0.5, 0.6) is 0 Å². The van der Waals surface area contributed by atoms with Crippen molar-refractivity contribution in [2.45, 2.75) is 12.7 Å². The van der Waals surface area contributed by atoms with Gasteiger partial charge in [-0.1, -0.05) is 0 Å². The fourth-order valence-electron chi connectivity index (χ4n) is 1.35. The monoisotopic (exact) mass is 259 g/mol. The summed E-state index contributed by atoms with van der Waals surface area (Å²) in [7, 11) is 1.57. The molecule has 0 aliphatic rings. The van der Waals surface area contributed by atoms with Crippen LogP contribution in [0.2, 0.25) is 0 Å². The first-order chi connectivity index (χ1) is 8.38. The molecule has 0 atom stereocenters. The molecule has 0 saturated heterocycles. The van der Waals surface area contributed by atoms with Gasteiger partial charge in [0.25, 0.3) is 5.56 Å². The lowest BCUT2D eigenvalue weighted by Gasteiger charge is -2.08. The molecule has 0 aliphatic heterocycles. The number of hydrogen-bond acceptors (Lipinski definition) is 4. The van der Waals surface area contributed by atoms with E-state index in [2.05, 4.69) is 15.5 Å². The Labute approximate surface area is 98.7 Å². The first kappa shape index (κ1) is 12.3. The minimum absolute atomic E-state index is 0.0144. The van der Waals surface area contributed by atoms with Crippen LogP contribution in [0, 0.1) is 0 Å². The summed E-state index contributed by atoms with van der Waals surface area (Å²) in [5.74, 6) is 0.372. The molecule has 2 aromatic rings. The summed E-state index contributed by atoms with van der Waals surface area (Å²) < 4.78 is 39.5. The van der Waals surface area contributed by atoms with Gasteiger partial charge in [0.2, 0.25) is 0 Å².